The van der Waals surface area contributed by atoms with Crippen molar-refractivity contribution in [2.45, 2.75) is 12.5 Å². The highest BCUT2D eigenvalue weighted by molar-refractivity contribution is 7.08. The average Bonchev–Trinajstić information content (AvgIpc) is 3.20. The van der Waals surface area contributed by atoms with Crippen molar-refractivity contribution in [1.29, 1.82) is 0 Å². The molecule has 1 aromatic carbocycles. The molecule has 3 rings (SSSR count). The third-order valence-electron chi connectivity index (χ3n) is 3.44. The molecule has 3 aromatic rings. The summed E-state index contributed by atoms with van der Waals surface area (Å²) in [6.45, 7) is 1.79. The zero-order valence-electron chi connectivity index (χ0n) is 12.5. The van der Waals surface area contributed by atoms with Crippen LogP contribution in [0.4, 0.5) is 0 Å². The summed E-state index contributed by atoms with van der Waals surface area (Å²) in [6.07, 6.45) is 2.85. The number of nitrogens with zero attached hydrogens (tertiary/aromatic N) is 1. The van der Waals surface area contributed by atoms with E-state index < -0.39 is 5.60 Å². The second kappa shape index (κ2) is 6.36. The van der Waals surface area contributed by atoms with Gasteiger partial charge < -0.3 is 14.8 Å². The van der Waals surface area contributed by atoms with Gasteiger partial charge in [0, 0.05) is 12.2 Å². The van der Waals surface area contributed by atoms with Crippen molar-refractivity contribution in [2.75, 3.05) is 6.54 Å². The van der Waals surface area contributed by atoms with Gasteiger partial charge in [-0.05, 0) is 41.4 Å². The summed E-state index contributed by atoms with van der Waals surface area (Å²) in [5.41, 5.74) is 1.10. The number of thiophene rings is 1. The highest BCUT2D eigenvalue weighted by atomic mass is 32.1. The van der Waals surface area contributed by atoms with Gasteiger partial charge in [-0.1, -0.05) is 12.1 Å². The molecule has 118 valence electrons. The fraction of sp³-hybridized carbons (Fsp3) is 0.176. The number of benzene rings is 1. The van der Waals surface area contributed by atoms with Crippen LogP contribution in [-0.2, 0) is 10.4 Å². The first-order valence-corrected chi connectivity index (χ1v) is 8.05. The number of fused-ring (bicyclic) bond motifs is 1. The molecular weight excluding hydrogens is 312 g/mol. The van der Waals surface area contributed by atoms with Crippen molar-refractivity contribution in [3.8, 4) is 0 Å². The number of aliphatic hydroxyl groups is 1. The topological polar surface area (TPSA) is 75.4 Å². The van der Waals surface area contributed by atoms with Gasteiger partial charge in [0.1, 0.15) is 11.1 Å². The summed E-state index contributed by atoms with van der Waals surface area (Å²) in [6, 6.07) is 9.23. The molecule has 0 saturated carbocycles. The van der Waals surface area contributed by atoms with E-state index in [2.05, 4.69) is 10.3 Å². The van der Waals surface area contributed by atoms with Gasteiger partial charge in [-0.25, -0.2) is 4.98 Å². The third-order valence-corrected chi connectivity index (χ3v) is 4.12. The van der Waals surface area contributed by atoms with Crippen molar-refractivity contribution >= 4 is 34.4 Å². The van der Waals surface area contributed by atoms with E-state index in [0.29, 0.717) is 11.5 Å². The second-order valence-electron chi connectivity index (χ2n) is 5.36. The minimum absolute atomic E-state index is 0.125. The van der Waals surface area contributed by atoms with E-state index >= 15 is 0 Å². The summed E-state index contributed by atoms with van der Waals surface area (Å²) in [5.74, 6) is 0.0497. The van der Waals surface area contributed by atoms with E-state index in [1.807, 2.05) is 41.1 Å². The molecule has 2 heterocycles. The first kappa shape index (κ1) is 15.5. The van der Waals surface area contributed by atoms with Crippen molar-refractivity contribution in [3.05, 3.63) is 58.6 Å². The molecule has 0 fully saturated rings. The lowest BCUT2D eigenvalue weighted by Crippen LogP contribution is -2.37. The van der Waals surface area contributed by atoms with E-state index in [1.165, 1.54) is 23.5 Å². The van der Waals surface area contributed by atoms with Crippen LogP contribution in [0.15, 0.2) is 51.6 Å². The van der Waals surface area contributed by atoms with Crippen molar-refractivity contribution in [1.82, 2.24) is 10.3 Å². The van der Waals surface area contributed by atoms with E-state index in [0.717, 1.165) is 11.1 Å². The van der Waals surface area contributed by atoms with Gasteiger partial charge in [-0.2, -0.15) is 11.3 Å². The Morgan fingerprint density at radius 2 is 2.26 bits per heavy atom. The number of carbonyl (C=O) groups is 1. The first-order valence-electron chi connectivity index (χ1n) is 7.11. The Morgan fingerprint density at radius 1 is 1.43 bits per heavy atom. The van der Waals surface area contributed by atoms with Crippen molar-refractivity contribution in [2.24, 2.45) is 0 Å². The number of para-hydroxylation sites is 2. The zero-order chi connectivity index (χ0) is 16.3. The Hall–Kier alpha value is -2.44. The molecule has 1 atom stereocenters. The Kier molecular flexibility index (Phi) is 4.27. The lowest BCUT2D eigenvalue weighted by Gasteiger charge is -2.22. The summed E-state index contributed by atoms with van der Waals surface area (Å²) >= 11 is 1.50. The maximum atomic E-state index is 11.9. The molecule has 2 N–H and O–H groups in total. The largest absolute Gasteiger partial charge is 0.437 e. The molecule has 0 saturated heterocycles. The number of hydrogen-bond acceptors (Lipinski definition) is 5. The number of hydrogen-bond donors (Lipinski definition) is 2. The van der Waals surface area contributed by atoms with Gasteiger partial charge >= 0.3 is 0 Å². The maximum absolute atomic E-state index is 11.9. The van der Waals surface area contributed by atoms with Gasteiger partial charge in [0.25, 0.3) is 0 Å². The summed E-state index contributed by atoms with van der Waals surface area (Å²) in [5, 5.41) is 16.8. The summed E-state index contributed by atoms with van der Waals surface area (Å²) in [7, 11) is 0. The molecule has 23 heavy (non-hydrogen) atoms. The standard InChI is InChI=1S/C17H16N2O3S/c1-17(21,12-8-9-23-10-12)11-18-15(20)6-7-16-19-13-4-2-3-5-14(13)22-16/h2-10,21H,11H2,1H3,(H,18,20)/b7-6-/t17-/m1/s1. The molecule has 5 nitrogen and oxygen atoms in total. The van der Waals surface area contributed by atoms with Crippen LogP contribution < -0.4 is 5.32 Å². The number of rotatable bonds is 5. The fourth-order valence-electron chi connectivity index (χ4n) is 2.10. The lowest BCUT2D eigenvalue weighted by molar-refractivity contribution is -0.117. The van der Waals surface area contributed by atoms with Crippen molar-refractivity contribution in [3.63, 3.8) is 0 Å². The highest BCUT2D eigenvalue weighted by Crippen LogP contribution is 2.22. The van der Waals surface area contributed by atoms with Gasteiger partial charge in [0.2, 0.25) is 11.8 Å². The number of carbonyl (C=O) groups excluding carboxylic acids is 1. The van der Waals surface area contributed by atoms with E-state index in [1.54, 1.807) is 6.92 Å². The summed E-state index contributed by atoms with van der Waals surface area (Å²) < 4.78 is 5.50. The predicted octanol–water partition coefficient (Wildman–Crippen LogP) is 2.93. The van der Waals surface area contributed by atoms with Gasteiger partial charge in [-0.15, -0.1) is 0 Å². The van der Waals surface area contributed by atoms with Gasteiger partial charge in [0.05, 0.1) is 6.54 Å². The maximum Gasteiger partial charge on any atom is 0.244 e. The monoisotopic (exact) mass is 328 g/mol. The number of oxazole rings is 1. The lowest BCUT2D eigenvalue weighted by atomic mass is 9.99. The molecule has 2 aromatic heterocycles. The average molecular weight is 328 g/mol. The number of aromatic nitrogens is 1. The predicted molar refractivity (Wildman–Crippen MR) is 89.9 cm³/mol. The quantitative estimate of drug-likeness (QED) is 0.706. The van der Waals surface area contributed by atoms with E-state index in [9.17, 15) is 9.90 Å². The summed E-state index contributed by atoms with van der Waals surface area (Å²) in [4.78, 5) is 16.1. The molecule has 6 heteroatoms. The molecular formula is C17H16N2O3S. The minimum Gasteiger partial charge on any atom is -0.437 e. The van der Waals surface area contributed by atoms with Gasteiger partial charge in [-0.3, -0.25) is 4.79 Å². The Morgan fingerprint density at radius 3 is 3.00 bits per heavy atom. The normalized spacial score (nSPS) is 14.2. The second-order valence-corrected chi connectivity index (χ2v) is 6.14. The minimum atomic E-state index is -1.10. The zero-order valence-corrected chi connectivity index (χ0v) is 13.3. The van der Waals surface area contributed by atoms with Crippen molar-refractivity contribution < 1.29 is 14.3 Å². The van der Waals surface area contributed by atoms with Crippen LogP contribution in [0.25, 0.3) is 17.2 Å². The number of nitrogens with one attached hydrogen (secondary N) is 1. The Bertz CT molecular complexity index is 802. The molecule has 0 bridgehead atoms. The van der Waals surface area contributed by atoms with E-state index in [-0.39, 0.29) is 12.5 Å². The SMILES string of the molecule is C[C@@](O)(CNC(=O)/C=C\c1nc2ccccc2o1)c1ccsc1. The van der Waals surface area contributed by atoms with Crippen LogP contribution in [0, 0.1) is 0 Å². The molecule has 0 aliphatic carbocycles. The van der Waals surface area contributed by atoms with Crippen LogP contribution in [-0.4, -0.2) is 22.5 Å². The molecule has 0 aliphatic rings. The third kappa shape index (κ3) is 3.67. The van der Waals surface area contributed by atoms with Gasteiger partial charge in [0.15, 0.2) is 5.58 Å². The van der Waals surface area contributed by atoms with E-state index in [4.69, 9.17) is 4.42 Å². The highest BCUT2D eigenvalue weighted by Gasteiger charge is 2.23. The molecule has 1 amide bonds. The molecule has 0 spiro atoms. The molecule has 0 unspecified atom stereocenters. The first-order chi connectivity index (χ1) is 11.0. The smallest absolute Gasteiger partial charge is 0.244 e. The molecule has 0 aliphatic heterocycles. The number of amides is 1. The molecule has 0 radical (unpaired) electrons. The Balaban J connectivity index is 1.60. The van der Waals surface area contributed by atoms with Crippen LogP contribution in [0.1, 0.15) is 18.4 Å². The Labute approximate surface area is 137 Å². The van der Waals surface area contributed by atoms with Crippen LogP contribution in [0.3, 0.4) is 0 Å². The van der Waals surface area contributed by atoms with Crippen LogP contribution in [0.2, 0.25) is 0 Å². The fourth-order valence-corrected chi connectivity index (χ4v) is 2.88. The van der Waals surface area contributed by atoms with Crippen LogP contribution >= 0.6 is 11.3 Å². The van der Waals surface area contributed by atoms with Crippen LogP contribution in [0.5, 0.6) is 0 Å².